The van der Waals surface area contributed by atoms with E-state index in [-0.39, 0.29) is 28.8 Å². The number of fused-ring (bicyclic) bond motifs is 3. The number of allylic oxidation sites excluding steroid dienone is 1. The first-order valence-electron chi connectivity index (χ1n) is 8.12. The zero-order chi connectivity index (χ0) is 14.8. The third kappa shape index (κ3) is 2.00. The van der Waals surface area contributed by atoms with Gasteiger partial charge in [0.2, 0.25) is 6.04 Å². The number of halogens is 2. The first kappa shape index (κ1) is 13.8. The molecule has 0 bridgehead atoms. The van der Waals surface area contributed by atoms with Crippen LogP contribution >= 0.6 is 0 Å². The Bertz CT molecular complexity index is 503. The summed E-state index contributed by atoms with van der Waals surface area (Å²) in [5, 5.41) is 10.1. The highest BCUT2D eigenvalue weighted by molar-refractivity contribution is 5.91. The number of aliphatic hydroxyl groups excluding tert-OH is 1. The van der Waals surface area contributed by atoms with Gasteiger partial charge in [-0.15, -0.1) is 0 Å². The Kier molecular flexibility index (Phi) is 2.87. The molecule has 5 heteroatoms. The normalized spacial score (nSPS) is 44.0. The molecule has 4 aliphatic rings. The molecule has 2 aliphatic carbocycles. The van der Waals surface area contributed by atoms with Gasteiger partial charge in [0.05, 0.1) is 6.42 Å². The number of quaternary nitrogens is 1. The SMILES string of the molecule is O=C1C=CC2C(C1)[N+]21C(O)C1C(F)(F)CCCCC1CC1. The summed E-state index contributed by atoms with van der Waals surface area (Å²) in [5.74, 6) is -2.02. The summed E-state index contributed by atoms with van der Waals surface area (Å²) >= 11 is 0. The minimum Gasteiger partial charge on any atom is -0.340 e. The van der Waals surface area contributed by atoms with Crippen LogP contribution in [0.2, 0.25) is 0 Å². The van der Waals surface area contributed by atoms with Crippen molar-refractivity contribution in [2.45, 2.75) is 75.2 Å². The van der Waals surface area contributed by atoms with Gasteiger partial charge in [0, 0.05) is 6.42 Å². The summed E-state index contributed by atoms with van der Waals surface area (Å²) in [7, 11) is 0. The summed E-state index contributed by atoms with van der Waals surface area (Å²) in [5.41, 5.74) is 0. The van der Waals surface area contributed by atoms with Crippen LogP contribution in [-0.2, 0) is 4.79 Å². The van der Waals surface area contributed by atoms with E-state index in [1.165, 1.54) is 18.9 Å². The number of unbranched alkanes of at least 4 members (excludes halogenated alkanes) is 1. The predicted molar refractivity (Wildman–Crippen MR) is 72.5 cm³/mol. The zero-order valence-corrected chi connectivity index (χ0v) is 12.0. The maximum absolute atomic E-state index is 14.4. The molecule has 2 aliphatic heterocycles. The van der Waals surface area contributed by atoms with Crippen LogP contribution in [0.25, 0.3) is 0 Å². The molecule has 5 unspecified atom stereocenters. The van der Waals surface area contributed by atoms with Gasteiger partial charge < -0.3 is 5.11 Å². The summed E-state index contributed by atoms with van der Waals surface area (Å²) < 4.78 is 28.8. The summed E-state index contributed by atoms with van der Waals surface area (Å²) in [6, 6.07) is -1.14. The van der Waals surface area contributed by atoms with Crippen molar-refractivity contribution in [2.24, 2.45) is 5.92 Å². The van der Waals surface area contributed by atoms with E-state index >= 15 is 0 Å². The van der Waals surface area contributed by atoms with Crippen molar-refractivity contribution < 1.29 is 23.2 Å². The fraction of sp³-hybridized carbons (Fsp3) is 0.812. The van der Waals surface area contributed by atoms with Gasteiger partial charge in [-0.05, 0) is 24.5 Å². The minimum atomic E-state index is -2.81. The van der Waals surface area contributed by atoms with E-state index in [9.17, 15) is 18.7 Å². The molecule has 4 rings (SSSR count). The first-order valence-corrected chi connectivity index (χ1v) is 8.12. The molecule has 116 valence electrons. The van der Waals surface area contributed by atoms with Crippen LogP contribution in [0.5, 0.6) is 0 Å². The lowest BCUT2D eigenvalue weighted by atomic mass is 10.1. The quantitative estimate of drug-likeness (QED) is 0.464. The molecule has 3 nitrogen and oxygen atoms in total. The monoisotopic (exact) mass is 298 g/mol. The van der Waals surface area contributed by atoms with Crippen LogP contribution in [0, 0.1) is 5.92 Å². The lowest BCUT2D eigenvalue weighted by molar-refractivity contribution is -0.731. The molecule has 5 atom stereocenters. The Balaban J connectivity index is 1.35. The number of carbonyl (C=O) groups excluding carboxylic acids is 1. The maximum atomic E-state index is 14.4. The molecule has 0 aromatic heterocycles. The van der Waals surface area contributed by atoms with Gasteiger partial charge >= 0.3 is 5.92 Å². The Labute approximate surface area is 123 Å². The average Bonchev–Trinajstić information content (AvgIpc) is 3.31. The number of hydrogen-bond donors (Lipinski definition) is 1. The van der Waals surface area contributed by atoms with Crippen LogP contribution in [0.15, 0.2) is 12.2 Å². The lowest BCUT2D eigenvalue weighted by Crippen LogP contribution is -2.29. The smallest absolute Gasteiger partial charge is 0.307 e. The van der Waals surface area contributed by atoms with Gasteiger partial charge in [-0.3, -0.25) is 9.28 Å². The van der Waals surface area contributed by atoms with Crippen molar-refractivity contribution in [2.75, 3.05) is 0 Å². The van der Waals surface area contributed by atoms with Gasteiger partial charge in [0.15, 0.2) is 17.9 Å². The number of alkyl halides is 2. The summed E-state index contributed by atoms with van der Waals surface area (Å²) in [6.07, 6.45) is 7.44. The molecule has 2 heterocycles. The molecule has 0 amide bonds. The first-order chi connectivity index (χ1) is 9.98. The number of rotatable bonds is 6. The fourth-order valence-electron chi connectivity index (χ4n) is 4.52. The Hall–Kier alpha value is -0.810. The van der Waals surface area contributed by atoms with Crippen LogP contribution in [-0.4, -0.2) is 45.6 Å². The largest absolute Gasteiger partial charge is 0.340 e. The molecule has 1 saturated carbocycles. The molecule has 3 fully saturated rings. The third-order valence-electron chi connectivity index (χ3n) is 5.92. The second kappa shape index (κ2) is 4.35. The molecule has 0 aromatic carbocycles. The van der Waals surface area contributed by atoms with E-state index in [4.69, 9.17) is 0 Å². The Morgan fingerprint density at radius 1 is 1.33 bits per heavy atom. The number of carbonyl (C=O) groups is 1. The number of ketones is 1. The highest BCUT2D eigenvalue weighted by Crippen LogP contribution is 2.65. The predicted octanol–water partition coefficient (Wildman–Crippen LogP) is 2.39. The lowest BCUT2D eigenvalue weighted by Gasteiger charge is -2.13. The number of aliphatic hydroxyl groups is 1. The molecule has 0 radical (unpaired) electrons. The summed E-state index contributed by atoms with van der Waals surface area (Å²) in [6.45, 7) is 0. The highest BCUT2D eigenvalue weighted by Gasteiger charge is 2.92. The molecular weight excluding hydrogens is 276 g/mol. The minimum absolute atomic E-state index is 0.00292. The topological polar surface area (TPSA) is 37.3 Å². The third-order valence-corrected chi connectivity index (χ3v) is 5.92. The van der Waals surface area contributed by atoms with Crippen molar-refractivity contribution >= 4 is 5.78 Å². The van der Waals surface area contributed by atoms with Crippen LogP contribution in [0.4, 0.5) is 8.78 Å². The molecule has 2 saturated heterocycles. The Morgan fingerprint density at radius 3 is 2.76 bits per heavy atom. The highest BCUT2D eigenvalue weighted by atomic mass is 19.3. The van der Waals surface area contributed by atoms with Gasteiger partial charge in [-0.1, -0.05) is 25.7 Å². The number of hydrogen-bond acceptors (Lipinski definition) is 2. The second-order valence-corrected chi connectivity index (χ2v) is 7.29. The molecular formula is C16H22F2NO2+. The van der Waals surface area contributed by atoms with E-state index < -0.39 is 18.2 Å². The summed E-state index contributed by atoms with van der Waals surface area (Å²) in [4.78, 5) is 11.4. The molecule has 0 aromatic rings. The van der Waals surface area contributed by atoms with Gasteiger partial charge in [0.1, 0.15) is 0 Å². The molecule has 1 N–H and O–H groups in total. The van der Waals surface area contributed by atoms with E-state index in [1.54, 1.807) is 6.08 Å². The second-order valence-electron chi connectivity index (χ2n) is 7.29. The Morgan fingerprint density at radius 2 is 2.10 bits per heavy atom. The fourth-order valence-corrected chi connectivity index (χ4v) is 4.52. The van der Waals surface area contributed by atoms with Crippen molar-refractivity contribution in [3.63, 3.8) is 0 Å². The molecule has 1 spiro atoms. The number of nitrogens with zero attached hydrogens (tertiary/aromatic N) is 1. The van der Waals surface area contributed by atoms with Gasteiger partial charge in [-0.2, -0.15) is 8.78 Å². The maximum Gasteiger partial charge on any atom is 0.307 e. The van der Waals surface area contributed by atoms with Gasteiger partial charge in [-0.25, -0.2) is 0 Å². The van der Waals surface area contributed by atoms with Crippen molar-refractivity contribution in [1.82, 2.24) is 0 Å². The van der Waals surface area contributed by atoms with Gasteiger partial charge in [0.25, 0.3) is 6.23 Å². The van der Waals surface area contributed by atoms with E-state index in [0.29, 0.717) is 12.8 Å². The van der Waals surface area contributed by atoms with E-state index in [2.05, 4.69) is 0 Å². The molecule has 21 heavy (non-hydrogen) atoms. The van der Waals surface area contributed by atoms with Crippen LogP contribution in [0.3, 0.4) is 0 Å². The van der Waals surface area contributed by atoms with Crippen molar-refractivity contribution in [3.05, 3.63) is 12.2 Å². The van der Waals surface area contributed by atoms with E-state index in [0.717, 1.165) is 18.8 Å². The van der Waals surface area contributed by atoms with Crippen molar-refractivity contribution in [3.8, 4) is 0 Å². The standard InChI is InChI=1S/C16H22F2NO2/c17-16(18,8-2-1-3-10-4-5-10)14-15(21)19(14)12-7-6-11(20)9-13(12)19/h6-7,10,12-15,21H,1-5,8-9H2/q+1. The zero-order valence-electron chi connectivity index (χ0n) is 12.0. The van der Waals surface area contributed by atoms with E-state index in [1.807, 2.05) is 0 Å². The van der Waals surface area contributed by atoms with Crippen LogP contribution < -0.4 is 0 Å². The van der Waals surface area contributed by atoms with Crippen LogP contribution in [0.1, 0.15) is 44.9 Å². The average molecular weight is 298 g/mol. The van der Waals surface area contributed by atoms with Crippen molar-refractivity contribution in [1.29, 1.82) is 0 Å².